The molecule has 1 atom stereocenters. The number of hydrogen-bond donors (Lipinski definition) is 1. The Morgan fingerprint density at radius 2 is 1.77 bits per heavy atom. The first-order valence-electron chi connectivity index (χ1n) is 14.1. The number of fused-ring (bicyclic) bond motifs is 1. The van der Waals surface area contributed by atoms with Crippen LogP contribution in [0.2, 0.25) is 5.02 Å². The second-order valence-electron chi connectivity index (χ2n) is 11.3. The molecule has 1 heterocycles. The van der Waals surface area contributed by atoms with Crippen molar-refractivity contribution >= 4 is 29.4 Å². The molecule has 2 aromatic rings. The van der Waals surface area contributed by atoms with E-state index in [1.807, 2.05) is 19.1 Å². The number of carboxylic acid groups (broad SMARTS) is 1. The predicted molar refractivity (Wildman–Crippen MR) is 149 cm³/mol. The van der Waals surface area contributed by atoms with Gasteiger partial charge in [0, 0.05) is 37.0 Å². The maximum Gasteiger partial charge on any atom is 0.306 e. The zero-order valence-corrected chi connectivity index (χ0v) is 23.3. The molecule has 208 valence electrons. The third-order valence-electron chi connectivity index (χ3n) is 8.63. The number of likely N-dealkylation sites (tertiary alicyclic amines) is 1. The largest absolute Gasteiger partial charge is 0.491 e. The Labute approximate surface area is 235 Å². The molecule has 1 saturated heterocycles. The van der Waals surface area contributed by atoms with Crippen LogP contribution < -0.4 is 4.74 Å². The number of hydrogen-bond acceptors (Lipinski definition) is 5. The number of carbonyl (C=O) groups excluding carboxylic acids is 2. The summed E-state index contributed by atoms with van der Waals surface area (Å²) in [7, 11) is 0. The fourth-order valence-corrected chi connectivity index (χ4v) is 6.69. The van der Waals surface area contributed by atoms with Gasteiger partial charge in [-0.05, 0) is 91.8 Å². The summed E-state index contributed by atoms with van der Waals surface area (Å²) in [4.78, 5) is 39.0. The molecule has 1 saturated carbocycles. The van der Waals surface area contributed by atoms with Gasteiger partial charge in [0.25, 0.3) is 0 Å². The van der Waals surface area contributed by atoms with E-state index in [1.54, 1.807) is 0 Å². The molecule has 2 amide bonds. The fraction of sp³-hybridized carbons (Fsp3) is 0.516. The maximum atomic E-state index is 11.8. The van der Waals surface area contributed by atoms with Gasteiger partial charge in [0.05, 0.1) is 12.5 Å². The van der Waals surface area contributed by atoms with E-state index in [1.165, 1.54) is 21.6 Å². The lowest BCUT2D eigenvalue weighted by Gasteiger charge is -2.35. The minimum Gasteiger partial charge on any atom is -0.491 e. The van der Waals surface area contributed by atoms with Gasteiger partial charge in [0.2, 0.25) is 11.8 Å². The second-order valence-corrected chi connectivity index (χ2v) is 11.7. The van der Waals surface area contributed by atoms with E-state index in [0.717, 1.165) is 68.0 Å². The number of rotatable bonds is 10. The van der Waals surface area contributed by atoms with Gasteiger partial charge in [-0.25, -0.2) is 0 Å². The van der Waals surface area contributed by atoms with Crippen molar-refractivity contribution in [3.05, 3.63) is 63.7 Å². The van der Waals surface area contributed by atoms with E-state index < -0.39 is 5.97 Å². The van der Waals surface area contributed by atoms with Gasteiger partial charge in [-0.15, -0.1) is 0 Å². The quantitative estimate of drug-likeness (QED) is 0.388. The van der Waals surface area contributed by atoms with Crippen molar-refractivity contribution in [2.75, 3.05) is 19.7 Å². The molecule has 7 nitrogen and oxygen atoms in total. The summed E-state index contributed by atoms with van der Waals surface area (Å²) in [6, 6.07) is 12.8. The van der Waals surface area contributed by atoms with Crippen molar-refractivity contribution in [1.82, 2.24) is 9.80 Å². The lowest BCUT2D eigenvalue weighted by atomic mass is 9.81. The molecule has 0 radical (unpaired) electrons. The summed E-state index contributed by atoms with van der Waals surface area (Å²) < 4.78 is 5.94. The third kappa shape index (κ3) is 6.47. The molecule has 0 spiro atoms. The molecule has 1 aliphatic heterocycles. The van der Waals surface area contributed by atoms with Crippen molar-refractivity contribution in [2.45, 2.75) is 70.9 Å². The summed E-state index contributed by atoms with van der Waals surface area (Å²) in [6.45, 7) is 4.32. The molecule has 39 heavy (non-hydrogen) atoms. The van der Waals surface area contributed by atoms with Gasteiger partial charge in [-0.1, -0.05) is 29.8 Å². The number of amides is 2. The topological polar surface area (TPSA) is 87.2 Å². The fourth-order valence-electron chi connectivity index (χ4n) is 6.49. The Balaban J connectivity index is 1.27. The van der Waals surface area contributed by atoms with Gasteiger partial charge in [0.15, 0.2) is 0 Å². The smallest absolute Gasteiger partial charge is 0.306 e. The molecule has 2 aromatic carbocycles. The van der Waals surface area contributed by atoms with E-state index in [0.29, 0.717) is 24.8 Å². The van der Waals surface area contributed by atoms with Gasteiger partial charge in [-0.3, -0.25) is 24.2 Å². The number of nitrogens with zero attached hydrogens (tertiary/aromatic N) is 2. The minimum absolute atomic E-state index is 0.122. The van der Waals surface area contributed by atoms with Gasteiger partial charge < -0.3 is 9.84 Å². The SMILES string of the molecule is Cc1cc(CN(CC2CCC(C(=O)O)CC2)[C@H]2CCc3cc(Cl)ccc32)ccc1OCCN1C(=O)CCC1=O. The number of carbonyl (C=O) groups is 3. The summed E-state index contributed by atoms with van der Waals surface area (Å²) in [5.74, 6) is 0.129. The van der Waals surface area contributed by atoms with Crippen LogP contribution in [-0.4, -0.2) is 52.4 Å². The van der Waals surface area contributed by atoms with E-state index in [4.69, 9.17) is 16.3 Å². The highest BCUT2D eigenvalue weighted by Gasteiger charge is 2.33. The van der Waals surface area contributed by atoms with Crippen LogP contribution in [0.4, 0.5) is 0 Å². The first-order valence-corrected chi connectivity index (χ1v) is 14.5. The van der Waals surface area contributed by atoms with Crippen LogP contribution in [-0.2, 0) is 27.3 Å². The Kier molecular flexibility index (Phi) is 8.57. The zero-order chi connectivity index (χ0) is 27.5. The Bertz CT molecular complexity index is 1220. The van der Waals surface area contributed by atoms with Gasteiger partial charge in [-0.2, -0.15) is 0 Å². The van der Waals surface area contributed by atoms with Gasteiger partial charge >= 0.3 is 5.97 Å². The zero-order valence-electron chi connectivity index (χ0n) is 22.5. The summed E-state index contributed by atoms with van der Waals surface area (Å²) >= 11 is 6.29. The summed E-state index contributed by atoms with van der Waals surface area (Å²) in [5.41, 5.74) is 4.89. The molecule has 2 aliphatic carbocycles. The molecule has 3 aliphatic rings. The normalized spacial score (nSPS) is 22.9. The van der Waals surface area contributed by atoms with Crippen LogP contribution in [0.25, 0.3) is 0 Å². The van der Waals surface area contributed by atoms with Crippen molar-refractivity contribution in [3.8, 4) is 5.75 Å². The number of benzene rings is 2. The van der Waals surface area contributed by atoms with Crippen LogP contribution in [0, 0.1) is 18.8 Å². The molecular weight excluding hydrogens is 516 g/mol. The van der Waals surface area contributed by atoms with E-state index in [-0.39, 0.29) is 30.9 Å². The molecule has 0 aromatic heterocycles. The summed E-state index contributed by atoms with van der Waals surface area (Å²) in [6.07, 6.45) is 6.05. The second kappa shape index (κ2) is 12.1. The number of carboxylic acids is 1. The standard InChI is InChI=1S/C31H37ClN2O5/c1-20-16-22(4-11-28(20)39-15-14-34-29(35)12-13-30(34)36)19-33(18-21-2-5-23(6-3-21)31(37)38)27-10-7-24-17-25(32)8-9-26(24)27/h4,8-9,11,16-17,21,23,27H,2-3,5-7,10,12-15,18-19H2,1H3,(H,37,38)/t21?,23?,27-/m0/s1. The third-order valence-corrected chi connectivity index (χ3v) is 8.87. The average Bonchev–Trinajstić information content (AvgIpc) is 3.47. The van der Waals surface area contributed by atoms with Crippen molar-refractivity contribution in [3.63, 3.8) is 0 Å². The lowest BCUT2D eigenvalue weighted by molar-refractivity contribution is -0.143. The van der Waals surface area contributed by atoms with E-state index in [9.17, 15) is 19.5 Å². The molecule has 2 fully saturated rings. The number of aliphatic carboxylic acids is 1. The van der Waals surface area contributed by atoms with Crippen molar-refractivity contribution < 1.29 is 24.2 Å². The van der Waals surface area contributed by atoms with Crippen molar-refractivity contribution in [1.29, 1.82) is 0 Å². The lowest BCUT2D eigenvalue weighted by Crippen LogP contribution is -2.34. The Hall–Kier alpha value is -2.90. The predicted octanol–water partition coefficient (Wildman–Crippen LogP) is 5.56. The first-order chi connectivity index (χ1) is 18.8. The monoisotopic (exact) mass is 552 g/mol. The molecule has 1 N–H and O–H groups in total. The van der Waals surface area contributed by atoms with E-state index >= 15 is 0 Å². The molecule has 8 heteroatoms. The van der Waals surface area contributed by atoms with Crippen LogP contribution in [0.3, 0.4) is 0 Å². The minimum atomic E-state index is -0.664. The number of imide groups is 1. The molecular formula is C31H37ClN2O5. The van der Waals surface area contributed by atoms with Crippen LogP contribution >= 0.6 is 11.6 Å². The van der Waals surface area contributed by atoms with Crippen LogP contribution in [0.15, 0.2) is 36.4 Å². The average molecular weight is 553 g/mol. The van der Waals surface area contributed by atoms with Gasteiger partial charge in [0.1, 0.15) is 12.4 Å². The van der Waals surface area contributed by atoms with Crippen molar-refractivity contribution in [2.24, 2.45) is 11.8 Å². The highest BCUT2D eigenvalue weighted by Crippen LogP contribution is 2.40. The van der Waals surface area contributed by atoms with Crippen LogP contribution in [0.5, 0.6) is 5.75 Å². The summed E-state index contributed by atoms with van der Waals surface area (Å²) in [5, 5.41) is 10.2. The first kappa shape index (κ1) is 27.7. The number of halogens is 1. The molecule has 0 bridgehead atoms. The number of aryl methyl sites for hydroxylation is 2. The molecule has 5 rings (SSSR count). The highest BCUT2D eigenvalue weighted by molar-refractivity contribution is 6.30. The highest BCUT2D eigenvalue weighted by atomic mass is 35.5. The maximum absolute atomic E-state index is 11.8. The molecule has 0 unspecified atom stereocenters. The van der Waals surface area contributed by atoms with Crippen LogP contribution in [0.1, 0.15) is 73.2 Å². The Morgan fingerprint density at radius 3 is 2.46 bits per heavy atom. The Morgan fingerprint density at radius 1 is 1.03 bits per heavy atom. The van der Waals surface area contributed by atoms with E-state index in [2.05, 4.69) is 29.2 Å². The number of ether oxygens (including phenoxy) is 1.